The molecule has 0 saturated heterocycles. The van der Waals surface area contributed by atoms with Crippen LogP contribution >= 0.6 is 0 Å². The zero-order valence-corrected chi connectivity index (χ0v) is 11.4. The molecule has 0 unspecified atom stereocenters. The molecule has 2 N–H and O–H groups in total. The molecule has 0 spiro atoms. The van der Waals surface area contributed by atoms with Crippen molar-refractivity contribution in [1.82, 2.24) is 10.0 Å². The monoisotopic (exact) mass is 292 g/mol. The summed E-state index contributed by atoms with van der Waals surface area (Å²) < 4.78 is 25.7. The van der Waals surface area contributed by atoms with Gasteiger partial charge in [-0.1, -0.05) is 30.3 Å². The van der Waals surface area contributed by atoms with Crippen LogP contribution in [0.5, 0.6) is 0 Å². The topological polar surface area (TPSA) is 92.3 Å². The summed E-state index contributed by atoms with van der Waals surface area (Å²) in [5.74, 6) is -0.642. The fourth-order valence-electron chi connectivity index (χ4n) is 1.70. The molecular formula is C13H12N2O4S. The van der Waals surface area contributed by atoms with Crippen LogP contribution in [0.4, 0.5) is 4.79 Å². The minimum atomic E-state index is -4.01. The average molecular weight is 292 g/mol. The quantitative estimate of drug-likeness (QED) is 0.874. The lowest BCUT2D eigenvalue weighted by atomic mass is 10.1. The SMILES string of the molecule is CC(=O)NC(=O)NS(=O)(=O)c1ccc2ccccc2c1. The third-order valence-electron chi connectivity index (χ3n) is 2.55. The number of hydrogen-bond acceptors (Lipinski definition) is 4. The van der Waals surface area contributed by atoms with Crippen LogP contribution in [0.15, 0.2) is 47.4 Å². The van der Waals surface area contributed by atoms with Gasteiger partial charge in [0.2, 0.25) is 5.91 Å². The Hall–Kier alpha value is -2.41. The molecule has 0 aliphatic rings. The summed E-state index contributed by atoms with van der Waals surface area (Å²) >= 11 is 0. The number of amides is 3. The van der Waals surface area contributed by atoms with E-state index in [1.165, 1.54) is 12.1 Å². The molecule has 0 fully saturated rings. The molecular weight excluding hydrogens is 280 g/mol. The van der Waals surface area contributed by atoms with E-state index in [2.05, 4.69) is 0 Å². The molecule has 104 valence electrons. The van der Waals surface area contributed by atoms with E-state index in [0.29, 0.717) is 0 Å². The zero-order chi connectivity index (χ0) is 14.8. The van der Waals surface area contributed by atoms with Crippen LogP contribution in [0.25, 0.3) is 10.8 Å². The van der Waals surface area contributed by atoms with Crippen LogP contribution in [0.1, 0.15) is 6.92 Å². The van der Waals surface area contributed by atoms with Crippen molar-refractivity contribution in [3.8, 4) is 0 Å². The maximum Gasteiger partial charge on any atom is 0.335 e. The molecule has 3 amide bonds. The number of carbonyl (C=O) groups is 2. The van der Waals surface area contributed by atoms with Crippen molar-refractivity contribution >= 4 is 32.7 Å². The minimum Gasteiger partial charge on any atom is -0.278 e. The molecule has 2 aromatic carbocycles. The van der Waals surface area contributed by atoms with Gasteiger partial charge < -0.3 is 0 Å². The van der Waals surface area contributed by atoms with Crippen LogP contribution < -0.4 is 10.0 Å². The van der Waals surface area contributed by atoms with E-state index >= 15 is 0 Å². The number of nitrogens with one attached hydrogen (secondary N) is 2. The van der Waals surface area contributed by atoms with Crippen molar-refractivity contribution in [2.75, 3.05) is 0 Å². The average Bonchev–Trinajstić information content (AvgIpc) is 2.36. The lowest BCUT2D eigenvalue weighted by Gasteiger charge is -2.07. The summed E-state index contributed by atoms with van der Waals surface area (Å²) in [5.41, 5.74) is 0. The molecule has 0 radical (unpaired) electrons. The molecule has 2 aromatic rings. The normalized spacial score (nSPS) is 11.1. The maximum atomic E-state index is 12.0. The minimum absolute atomic E-state index is 0.0464. The van der Waals surface area contributed by atoms with E-state index in [0.717, 1.165) is 17.7 Å². The first-order valence-corrected chi connectivity index (χ1v) is 7.20. The van der Waals surface area contributed by atoms with Gasteiger partial charge in [0.05, 0.1) is 4.90 Å². The Balaban J connectivity index is 2.32. The Morgan fingerprint density at radius 1 is 1.00 bits per heavy atom. The van der Waals surface area contributed by atoms with Crippen molar-refractivity contribution in [1.29, 1.82) is 0 Å². The van der Waals surface area contributed by atoms with Gasteiger partial charge in [0.1, 0.15) is 0 Å². The van der Waals surface area contributed by atoms with Crippen molar-refractivity contribution in [3.63, 3.8) is 0 Å². The molecule has 0 aromatic heterocycles. The van der Waals surface area contributed by atoms with Gasteiger partial charge in [-0.15, -0.1) is 0 Å². The van der Waals surface area contributed by atoms with Gasteiger partial charge in [-0.05, 0) is 22.9 Å². The molecule has 2 rings (SSSR count). The third kappa shape index (κ3) is 3.12. The van der Waals surface area contributed by atoms with Gasteiger partial charge in [-0.2, -0.15) is 0 Å². The second kappa shape index (κ2) is 5.30. The molecule has 0 aliphatic carbocycles. The molecule has 7 heteroatoms. The fourth-order valence-corrected chi connectivity index (χ4v) is 2.64. The van der Waals surface area contributed by atoms with E-state index in [1.807, 2.05) is 17.4 Å². The van der Waals surface area contributed by atoms with Gasteiger partial charge >= 0.3 is 6.03 Å². The molecule has 6 nitrogen and oxygen atoms in total. The van der Waals surface area contributed by atoms with Gasteiger partial charge in [0, 0.05) is 6.92 Å². The lowest BCUT2D eigenvalue weighted by Crippen LogP contribution is -2.41. The van der Waals surface area contributed by atoms with Crippen molar-refractivity contribution in [2.45, 2.75) is 11.8 Å². The van der Waals surface area contributed by atoms with E-state index in [4.69, 9.17) is 0 Å². The number of carbonyl (C=O) groups excluding carboxylic acids is 2. The Labute approximate surface area is 115 Å². The predicted octanol–water partition coefficient (Wildman–Crippen LogP) is 1.37. The Morgan fingerprint density at radius 2 is 1.65 bits per heavy atom. The van der Waals surface area contributed by atoms with E-state index in [-0.39, 0.29) is 4.90 Å². The van der Waals surface area contributed by atoms with Crippen molar-refractivity contribution in [3.05, 3.63) is 42.5 Å². The largest absolute Gasteiger partial charge is 0.335 e. The standard InChI is InChI=1S/C13H12N2O4S/c1-9(16)14-13(17)15-20(18,19)12-7-6-10-4-2-3-5-11(10)8-12/h2-8H,1H3,(H2,14,15,16,17). The molecule has 0 bridgehead atoms. The number of sulfonamides is 1. The van der Waals surface area contributed by atoms with E-state index in [9.17, 15) is 18.0 Å². The Kier molecular flexibility index (Phi) is 3.71. The van der Waals surface area contributed by atoms with Crippen molar-refractivity contribution in [2.24, 2.45) is 0 Å². The maximum absolute atomic E-state index is 12.0. The molecule has 0 heterocycles. The highest BCUT2D eigenvalue weighted by Gasteiger charge is 2.18. The first-order chi connectivity index (χ1) is 9.38. The molecule has 0 aliphatic heterocycles. The molecule has 0 saturated carbocycles. The summed E-state index contributed by atoms with van der Waals surface area (Å²) in [6.07, 6.45) is 0. The summed E-state index contributed by atoms with van der Waals surface area (Å²) in [6, 6.07) is 10.7. The molecule has 0 atom stereocenters. The number of urea groups is 1. The summed E-state index contributed by atoms with van der Waals surface area (Å²) in [6.45, 7) is 1.11. The van der Waals surface area contributed by atoms with E-state index in [1.54, 1.807) is 22.9 Å². The number of fused-ring (bicyclic) bond motifs is 1. The fraction of sp³-hybridized carbons (Fsp3) is 0.0769. The van der Waals surface area contributed by atoms with Crippen LogP contribution in [-0.2, 0) is 14.8 Å². The highest BCUT2D eigenvalue weighted by molar-refractivity contribution is 7.90. The van der Waals surface area contributed by atoms with Gasteiger partial charge in [-0.25, -0.2) is 17.9 Å². The second-order valence-corrected chi connectivity index (χ2v) is 5.81. The first kappa shape index (κ1) is 14.0. The first-order valence-electron chi connectivity index (χ1n) is 5.72. The molecule has 20 heavy (non-hydrogen) atoms. The number of benzene rings is 2. The summed E-state index contributed by atoms with van der Waals surface area (Å²) in [4.78, 5) is 21.9. The lowest BCUT2D eigenvalue weighted by molar-refractivity contribution is -0.117. The Morgan fingerprint density at radius 3 is 2.30 bits per heavy atom. The van der Waals surface area contributed by atoms with Gasteiger partial charge in [0.15, 0.2) is 0 Å². The van der Waals surface area contributed by atoms with Crippen molar-refractivity contribution < 1.29 is 18.0 Å². The summed E-state index contributed by atoms with van der Waals surface area (Å²) in [7, 11) is -4.01. The van der Waals surface area contributed by atoms with E-state index < -0.39 is 22.0 Å². The zero-order valence-electron chi connectivity index (χ0n) is 10.6. The Bertz CT molecular complexity index is 784. The summed E-state index contributed by atoms with van der Waals surface area (Å²) in [5, 5.41) is 3.46. The van der Waals surface area contributed by atoms with Crippen LogP contribution in [0, 0.1) is 0 Å². The third-order valence-corrected chi connectivity index (χ3v) is 3.88. The predicted molar refractivity (Wildman–Crippen MR) is 73.5 cm³/mol. The van der Waals surface area contributed by atoms with Gasteiger partial charge in [-0.3, -0.25) is 10.1 Å². The van der Waals surface area contributed by atoms with Crippen LogP contribution in [0.2, 0.25) is 0 Å². The van der Waals surface area contributed by atoms with Gasteiger partial charge in [0.25, 0.3) is 10.0 Å². The smallest absolute Gasteiger partial charge is 0.278 e. The number of imide groups is 1. The second-order valence-electron chi connectivity index (χ2n) is 4.12. The number of hydrogen-bond donors (Lipinski definition) is 2. The highest BCUT2D eigenvalue weighted by atomic mass is 32.2. The number of rotatable bonds is 2. The highest BCUT2D eigenvalue weighted by Crippen LogP contribution is 2.18. The van der Waals surface area contributed by atoms with Crippen LogP contribution in [-0.4, -0.2) is 20.4 Å². The van der Waals surface area contributed by atoms with Crippen LogP contribution in [0.3, 0.4) is 0 Å².